The quantitative estimate of drug-likeness (QED) is 0.263. The third-order valence-electron chi connectivity index (χ3n) is 5.18. The molecule has 0 aliphatic rings. The molecule has 5 heteroatoms. The summed E-state index contributed by atoms with van der Waals surface area (Å²) in [5.41, 5.74) is 8.69. The van der Waals surface area contributed by atoms with Gasteiger partial charge in [0.1, 0.15) is 12.3 Å². The molecule has 0 aliphatic carbocycles. The summed E-state index contributed by atoms with van der Waals surface area (Å²) in [5.74, 6) is 0. The molecule has 0 fully saturated rings. The van der Waals surface area contributed by atoms with Gasteiger partial charge in [-0.1, -0.05) is 41.0 Å². The highest BCUT2D eigenvalue weighted by molar-refractivity contribution is 6.31. The van der Waals surface area contributed by atoms with E-state index in [1.54, 1.807) is 6.20 Å². The van der Waals surface area contributed by atoms with E-state index < -0.39 is 0 Å². The first-order chi connectivity index (χ1) is 15.0. The first kappa shape index (κ1) is 21.0. The Morgan fingerprint density at radius 3 is 2.45 bits per heavy atom. The van der Waals surface area contributed by atoms with Crippen molar-refractivity contribution in [2.75, 3.05) is 6.61 Å². The number of benzene rings is 2. The zero-order valence-corrected chi connectivity index (χ0v) is 18.9. The zero-order valence-electron chi connectivity index (χ0n) is 18.1. The summed E-state index contributed by atoms with van der Waals surface area (Å²) in [6, 6.07) is 18.1. The summed E-state index contributed by atoms with van der Waals surface area (Å²) in [6.45, 7) is 8.56. The number of fused-ring (bicyclic) bond motifs is 1. The number of aromatic nitrogens is 2. The number of hydrogen-bond donors (Lipinski definition) is 0. The topological polar surface area (TPSA) is 47.4 Å². The smallest absolute Gasteiger partial charge is 0.136 e. The van der Waals surface area contributed by atoms with Crippen molar-refractivity contribution >= 4 is 28.2 Å². The fourth-order valence-electron chi connectivity index (χ4n) is 3.98. The highest BCUT2D eigenvalue weighted by atomic mass is 35.5. The summed E-state index contributed by atoms with van der Waals surface area (Å²) < 4.78 is 0. The summed E-state index contributed by atoms with van der Waals surface area (Å²) >= 11 is 6.28. The lowest BCUT2D eigenvalue weighted by atomic mass is 9.91. The first-order valence-electron chi connectivity index (χ1n) is 10.3. The van der Waals surface area contributed by atoms with Gasteiger partial charge in [0, 0.05) is 33.4 Å². The van der Waals surface area contributed by atoms with Gasteiger partial charge >= 0.3 is 0 Å². The fourth-order valence-corrected chi connectivity index (χ4v) is 4.30. The Balaban J connectivity index is 2.03. The SMILES string of the molecule is CCON=C(c1ccccn1)c1cc(C)nc2c(-c3c(C)cc(Cl)cc3C)cccc12. The van der Waals surface area contributed by atoms with Crippen molar-refractivity contribution in [1.82, 2.24) is 9.97 Å². The molecule has 4 nitrogen and oxygen atoms in total. The Hall–Kier alpha value is -3.24. The van der Waals surface area contributed by atoms with Crippen molar-refractivity contribution in [3.05, 3.63) is 93.9 Å². The second-order valence-electron chi connectivity index (χ2n) is 7.50. The Labute approximate surface area is 187 Å². The molecule has 0 N–H and O–H groups in total. The molecule has 0 amide bonds. The van der Waals surface area contributed by atoms with E-state index in [2.05, 4.69) is 42.2 Å². The largest absolute Gasteiger partial charge is 0.396 e. The number of pyridine rings is 2. The number of para-hydroxylation sites is 1. The molecule has 0 radical (unpaired) electrons. The van der Waals surface area contributed by atoms with Crippen LogP contribution in [0.5, 0.6) is 0 Å². The average Bonchev–Trinajstić information content (AvgIpc) is 2.74. The van der Waals surface area contributed by atoms with Crippen LogP contribution < -0.4 is 0 Å². The van der Waals surface area contributed by atoms with Gasteiger partial charge in [-0.15, -0.1) is 0 Å². The third kappa shape index (κ3) is 4.17. The van der Waals surface area contributed by atoms with Crippen LogP contribution in [0, 0.1) is 20.8 Å². The van der Waals surface area contributed by atoms with E-state index in [4.69, 9.17) is 21.4 Å². The van der Waals surface area contributed by atoms with Crippen LogP contribution in [0.4, 0.5) is 0 Å². The maximum atomic E-state index is 6.28. The summed E-state index contributed by atoms with van der Waals surface area (Å²) in [4.78, 5) is 14.9. The van der Waals surface area contributed by atoms with E-state index in [1.165, 1.54) is 0 Å². The second kappa shape index (κ2) is 8.86. The third-order valence-corrected chi connectivity index (χ3v) is 5.40. The van der Waals surface area contributed by atoms with Crippen molar-refractivity contribution in [1.29, 1.82) is 0 Å². The maximum Gasteiger partial charge on any atom is 0.136 e. The van der Waals surface area contributed by atoms with Crippen LogP contribution in [-0.2, 0) is 4.84 Å². The van der Waals surface area contributed by atoms with Crippen molar-refractivity contribution in [2.45, 2.75) is 27.7 Å². The molecule has 0 saturated carbocycles. The van der Waals surface area contributed by atoms with Crippen molar-refractivity contribution in [2.24, 2.45) is 5.16 Å². The highest BCUT2D eigenvalue weighted by Crippen LogP contribution is 2.35. The number of halogens is 1. The number of oxime groups is 1. The van der Waals surface area contributed by atoms with Crippen molar-refractivity contribution < 1.29 is 4.84 Å². The van der Waals surface area contributed by atoms with Crippen molar-refractivity contribution in [3.8, 4) is 11.1 Å². The maximum absolute atomic E-state index is 6.28. The minimum absolute atomic E-state index is 0.479. The number of rotatable bonds is 5. The van der Waals surface area contributed by atoms with Crippen LogP contribution in [-0.4, -0.2) is 22.3 Å². The molecule has 31 heavy (non-hydrogen) atoms. The van der Waals surface area contributed by atoms with Crippen LogP contribution in [0.1, 0.15) is 35.0 Å². The van der Waals surface area contributed by atoms with Gasteiger partial charge in [-0.3, -0.25) is 9.97 Å². The van der Waals surface area contributed by atoms with E-state index in [0.29, 0.717) is 12.3 Å². The van der Waals surface area contributed by atoms with Crippen LogP contribution in [0.3, 0.4) is 0 Å². The number of nitrogens with zero attached hydrogens (tertiary/aromatic N) is 3. The molecule has 4 rings (SSSR count). The number of hydrogen-bond acceptors (Lipinski definition) is 4. The van der Waals surface area contributed by atoms with Crippen LogP contribution >= 0.6 is 11.6 Å². The zero-order chi connectivity index (χ0) is 22.0. The summed E-state index contributed by atoms with van der Waals surface area (Å²) in [5, 5.41) is 6.17. The van der Waals surface area contributed by atoms with Gasteiger partial charge in [-0.25, -0.2) is 0 Å². The van der Waals surface area contributed by atoms with Gasteiger partial charge in [0.15, 0.2) is 0 Å². The lowest BCUT2D eigenvalue weighted by Gasteiger charge is -2.16. The van der Waals surface area contributed by atoms with E-state index in [1.807, 2.05) is 50.2 Å². The molecule has 0 unspecified atom stereocenters. The van der Waals surface area contributed by atoms with Gasteiger partial charge in [-0.05, 0) is 74.7 Å². The Morgan fingerprint density at radius 1 is 1.00 bits per heavy atom. The van der Waals surface area contributed by atoms with E-state index >= 15 is 0 Å². The fraction of sp³-hybridized carbons (Fsp3) is 0.192. The van der Waals surface area contributed by atoms with Gasteiger partial charge in [-0.2, -0.15) is 0 Å². The van der Waals surface area contributed by atoms with Gasteiger partial charge < -0.3 is 4.84 Å². The molecule has 0 aliphatic heterocycles. The van der Waals surface area contributed by atoms with E-state index in [9.17, 15) is 0 Å². The Kier molecular flexibility index (Phi) is 6.01. The lowest BCUT2D eigenvalue weighted by molar-refractivity contribution is 0.159. The Morgan fingerprint density at radius 2 is 1.77 bits per heavy atom. The predicted octanol–water partition coefficient (Wildman–Crippen LogP) is 6.66. The lowest BCUT2D eigenvalue weighted by Crippen LogP contribution is -2.09. The normalized spacial score (nSPS) is 11.7. The van der Waals surface area contributed by atoms with Crippen LogP contribution in [0.2, 0.25) is 5.02 Å². The second-order valence-corrected chi connectivity index (χ2v) is 7.94. The van der Waals surface area contributed by atoms with E-state index in [-0.39, 0.29) is 0 Å². The van der Waals surface area contributed by atoms with Crippen LogP contribution in [0.15, 0.2) is 65.9 Å². The predicted molar refractivity (Wildman–Crippen MR) is 128 cm³/mol. The van der Waals surface area contributed by atoms with Crippen LogP contribution in [0.25, 0.3) is 22.0 Å². The molecular weight excluding hydrogens is 406 g/mol. The van der Waals surface area contributed by atoms with Gasteiger partial charge in [0.25, 0.3) is 0 Å². The molecule has 0 bridgehead atoms. The summed E-state index contributed by atoms with van der Waals surface area (Å²) in [7, 11) is 0. The molecule has 0 saturated heterocycles. The molecule has 2 aromatic heterocycles. The monoisotopic (exact) mass is 429 g/mol. The summed E-state index contributed by atoms with van der Waals surface area (Å²) in [6.07, 6.45) is 1.76. The first-order valence-corrected chi connectivity index (χ1v) is 10.7. The standard InChI is InChI=1S/C26H24ClN3O/c1-5-31-30-26(23-11-6-7-12-28-23)22-15-18(4)29-25-20(22)9-8-10-21(25)24-16(2)13-19(27)14-17(24)3/h6-15H,5H2,1-4H3. The molecule has 0 spiro atoms. The van der Waals surface area contributed by atoms with E-state index in [0.717, 1.165) is 55.1 Å². The molecule has 4 aromatic rings. The molecule has 156 valence electrons. The minimum atomic E-state index is 0.479. The highest BCUT2D eigenvalue weighted by Gasteiger charge is 2.18. The molecule has 2 heterocycles. The minimum Gasteiger partial charge on any atom is -0.396 e. The molecule has 0 atom stereocenters. The van der Waals surface area contributed by atoms with Gasteiger partial charge in [0.05, 0.1) is 11.2 Å². The van der Waals surface area contributed by atoms with Gasteiger partial charge in [0.2, 0.25) is 0 Å². The average molecular weight is 430 g/mol. The Bertz CT molecular complexity index is 1260. The van der Waals surface area contributed by atoms with Crippen molar-refractivity contribution in [3.63, 3.8) is 0 Å². The molecule has 2 aromatic carbocycles. The number of aryl methyl sites for hydroxylation is 3. The molecular formula is C26H24ClN3O.